The van der Waals surface area contributed by atoms with Gasteiger partial charge < -0.3 is 14.6 Å². The highest BCUT2D eigenvalue weighted by molar-refractivity contribution is 5.92. The molecule has 0 aromatic heterocycles. The van der Waals surface area contributed by atoms with Crippen molar-refractivity contribution in [3.05, 3.63) is 90.6 Å². The first-order valence-electron chi connectivity index (χ1n) is 13.0. The molecule has 0 aliphatic carbocycles. The molecule has 0 radical (unpaired) electrons. The zero-order valence-corrected chi connectivity index (χ0v) is 21.8. The molecule has 1 rings (SSSR count). The molecule has 0 saturated heterocycles. The molecule has 0 aliphatic heterocycles. The Labute approximate surface area is 216 Å². The maximum Gasteiger partial charge on any atom is 0.340 e. The van der Waals surface area contributed by atoms with Gasteiger partial charge in [0.05, 0.1) is 0 Å². The zero-order valence-electron chi connectivity index (χ0n) is 21.8. The molecule has 0 heterocycles. The maximum atomic E-state index is 12.4. The molecule has 0 fully saturated rings. The van der Waals surface area contributed by atoms with Crippen LogP contribution in [-0.4, -0.2) is 29.8 Å². The van der Waals surface area contributed by atoms with E-state index in [0.717, 1.165) is 51.4 Å². The van der Waals surface area contributed by atoms with Gasteiger partial charge in [-0.15, -0.1) is 0 Å². The lowest BCUT2D eigenvalue weighted by Crippen LogP contribution is -2.29. The molecule has 1 atom stereocenters. The van der Waals surface area contributed by atoms with E-state index in [9.17, 15) is 14.7 Å². The monoisotopic (exact) mass is 494 g/mol. The smallest absolute Gasteiger partial charge is 0.340 e. The summed E-state index contributed by atoms with van der Waals surface area (Å²) in [5, 5.41) is 9.21. The number of ether oxygens (including phenoxy) is 2. The molecular weight excluding hydrogens is 452 g/mol. The third kappa shape index (κ3) is 14.9. The number of carbonyl (C=O) groups excluding carboxylic acids is 1. The highest BCUT2D eigenvalue weighted by Crippen LogP contribution is 2.19. The number of unbranched alkanes of at least 4 members (excludes halogenated alkanes) is 2. The molecule has 1 unspecified atom stereocenters. The van der Waals surface area contributed by atoms with Crippen LogP contribution in [0.2, 0.25) is 0 Å². The van der Waals surface area contributed by atoms with Crippen LogP contribution in [0.3, 0.4) is 0 Å². The molecule has 1 N–H and O–H groups in total. The fourth-order valence-electron chi connectivity index (χ4n) is 3.22. The number of hydrogen-bond donors (Lipinski definition) is 1. The van der Waals surface area contributed by atoms with Crippen LogP contribution in [0, 0.1) is 0 Å². The standard InChI is InChI=1S/C31H42O5/c1-3-5-6-7-8-9-10-11-12-13-14-15-16-17-18-19-20-23-26-35-28(4-2)31(34)36-29-25-22-21-24-27(29)30(32)33/h5-6,8-9,11-12,14-15,17-18,21-22,24-25,28H,3-4,7,10,13,16,19-20,23,26H2,1-2H3,(H,32,33). The van der Waals surface area contributed by atoms with Crippen molar-refractivity contribution in [2.75, 3.05) is 6.61 Å². The largest absolute Gasteiger partial charge is 0.478 e. The van der Waals surface area contributed by atoms with Gasteiger partial charge in [-0.05, 0) is 69.9 Å². The van der Waals surface area contributed by atoms with Crippen molar-refractivity contribution < 1.29 is 24.2 Å². The molecule has 1 aromatic rings. The van der Waals surface area contributed by atoms with Crippen molar-refractivity contribution in [2.24, 2.45) is 0 Å². The van der Waals surface area contributed by atoms with Gasteiger partial charge in [0.25, 0.3) is 0 Å². The Morgan fingerprint density at radius 2 is 1.36 bits per heavy atom. The SMILES string of the molecule is CCC=CCC=CCC=CCC=CCC=CCCCCOC(CC)C(=O)Oc1ccccc1C(=O)O. The average molecular weight is 495 g/mol. The fraction of sp³-hybridized carbons (Fsp3) is 0.419. The number of carboxylic acids is 1. The minimum absolute atomic E-state index is 0.0374. The first-order valence-corrected chi connectivity index (χ1v) is 13.0. The van der Waals surface area contributed by atoms with Crippen molar-refractivity contribution in [3.63, 3.8) is 0 Å². The van der Waals surface area contributed by atoms with Gasteiger partial charge in [-0.25, -0.2) is 9.59 Å². The van der Waals surface area contributed by atoms with E-state index in [1.54, 1.807) is 12.1 Å². The Kier molecular flexibility index (Phi) is 18.1. The molecular formula is C31H42O5. The Hall–Kier alpha value is -3.18. The van der Waals surface area contributed by atoms with Gasteiger partial charge in [0.15, 0.2) is 6.10 Å². The average Bonchev–Trinajstić information content (AvgIpc) is 2.87. The predicted molar refractivity (Wildman–Crippen MR) is 147 cm³/mol. The number of aromatic carboxylic acids is 1. The van der Waals surface area contributed by atoms with Gasteiger partial charge in [-0.2, -0.15) is 0 Å². The van der Waals surface area contributed by atoms with Crippen LogP contribution >= 0.6 is 0 Å². The molecule has 0 spiro atoms. The second kappa shape index (κ2) is 21.1. The summed E-state index contributed by atoms with van der Waals surface area (Å²) < 4.78 is 11.0. The summed E-state index contributed by atoms with van der Waals surface area (Å²) in [6.07, 6.45) is 29.4. The van der Waals surface area contributed by atoms with Gasteiger partial charge in [0.1, 0.15) is 11.3 Å². The van der Waals surface area contributed by atoms with E-state index in [4.69, 9.17) is 9.47 Å². The third-order valence-corrected chi connectivity index (χ3v) is 5.20. The van der Waals surface area contributed by atoms with E-state index >= 15 is 0 Å². The summed E-state index contributed by atoms with van der Waals surface area (Å²) in [7, 11) is 0. The summed E-state index contributed by atoms with van der Waals surface area (Å²) >= 11 is 0. The molecule has 0 aliphatic rings. The minimum Gasteiger partial charge on any atom is -0.478 e. The number of carbonyl (C=O) groups is 2. The Morgan fingerprint density at radius 1 is 0.806 bits per heavy atom. The van der Waals surface area contributed by atoms with Crippen molar-refractivity contribution in [1.29, 1.82) is 0 Å². The van der Waals surface area contributed by atoms with E-state index in [1.165, 1.54) is 12.1 Å². The number of para-hydroxylation sites is 1. The number of allylic oxidation sites excluding steroid dienone is 10. The zero-order chi connectivity index (χ0) is 26.3. The molecule has 0 bridgehead atoms. The van der Waals surface area contributed by atoms with E-state index < -0.39 is 18.0 Å². The number of rotatable bonds is 19. The van der Waals surface area contributed by atoms with E-state index in [2.05, 4.69) is 67.7 Å². The van der Waals surface area contributed by atoms with Gasteiger partial charge in [0, 0.05) is 6.61 Å². The first-order chi connectivity index (χ1) is 17.6. The topological polar surface area (TPSA) is 72.8 Å². The van der Waals surface area contributed by atoms with E-state index in [-0.39, 0.29) is 11.3 Å². The normalized spacial score (nSPS) is 13.1. The maximum absolute atomic E-state index is 12.4. The molecule has 1 aromatic carbocycles. The number of carboxylic acid groups (broad SMARTS) is 1. The first kappa shape index (κ1) is 30.9. The lowest BCUT2D eigenvalue weighted by molar-refractivity contribution is -0.147. The number of hydrogen-bond acceptors (Lipinski definition) is 4. The predicted octanol–water partition coefficient (Wildman–Crippen LogP) is 8.01. The molecule has 0 saturated carbocycles. The quantitative estimate of drug-likeness (QED) is 0.0912. The van der Waals surface area contributed by atoms with Gasteiger partial charge >= 0.3 is 11.9 Å². The third-order valence-electron chi connectivity index (χ3n) is 5.20. The second-order valence-electron chi connectivity index (χ2n) is 8.19. The van der Waals surface area contributed by atoms with Crippen LogP contribution in [0.1, 0.15) is 82.0 Å². The van der Waals surface area contributed by atoms with Gasteiger partial charge in [-0.1, -0.05) is 86.7 Å². The lowest BCUT2D eigenvalue weighted by Gasteiger charge is -2.15. The van der Waals surface area contributed by atoms with E-state index in [1.807, 2.05) is 6.92 Å². The molecule has 196 valence electrons. The van der Waals surface area contributed by atoms with Crippen molar-refractivity contribution >= 4 is 11.9 Å². The molecule has 5 heteroatoms. The molecule has 5 nitrogen and oxygen atoms in total. The summed E-state index contributed by atoms with van der Waals surface area (Å²) in [5.74, 6) is -1.66. The van der Waals surface area contributed by atoms with Crippen LogP contribution in [0.25, 0.3) is 0 Å². The summed E-state index contributed by atoms with van der Waals surface area (Å²) in [5.41, 5.74) is -0.0437. The summed E-state index contributed by atoms with van der Waals surface area (Å²) in [6, 6.07) is 6.10. The molecule has 36 heavy (non-hydrogen) atoms. The Balaban J connectivity index is 2.13. The van der Waals surface area contributed by atoms with Gasteiger partial charge in [-0.3, -0.25) is 0 Å². The number of esters is 1. The van der Waals surface area contributed by atoms with Crippen molar-refractivity contribution in [1.82, 2.24) is 0 Å². The second-order valence-corrected chi connectivity index (χ2v) is 8.19. The molecule has 0 amide bonds. The summed E-state index contributed by atoms with van der Waals surface area (Å²) in [6.45, 7) is 4.44. The fourth-order valence-corrected chi connectivity index (χ4v) is 3.22. The summed E-state index contributed by atoms with van der Waals surface area (Å²) in [4.78, 5) is 23.6. The highest BCUT2D eigenvalue weighted by atomic mass is 16.6. The lowest BCUT2D eigenvalue weighted by atomic mass is 10.2. The van der Waals surface area contributed by atoms with Crippen LogP contribution in [-0.2, 0) is 9.53 Å². The van der Waals surface area contributed by atoms with Crippen LogP contribution in [0.4, 0.5) is 0 Å². The van der Waals surface area contributed by atoms with Crippen LogP contribution in [0.15, 0.2) is 85.0 Å². The van der Waals surface area contributed by atoms with Crippen molar-refractivity contribution in [3.8, 4) is 5.75 Å². The van der Waals surface area contributed by atoms with Crippen LogP contribution < -0.4 is 4.74 Å². The van der Waals surface area contributed by atoms with Gasteiger partial charge in [0.2, 0.25) is 0 Å². The van der Waals surface area contributed by atoms with Crippen molar-refractivity contribution in [2.45, 2.75) is 77.7 Å². The number of benzene rings is 1. The highest BCUT2D eigenvalue weighted by Gasteiger charge is 2.21. The Bertz CT molecular complexity index is 892. The van der Waals surface area contributed by atoms with Crippen LogP contribution in [0.5, 0.6) is 5.75 Å². The minimum atomic E-state index is -1.14. The van der Waals surface area contributed by atoms with E-state index in [0.29, 0.717) is 13.0 Å². The Morgan fingerprint density at radius 3 is 1.92 bits per heavy atom.